The van der Waals surface area contributed by atoms with E-state index < -0.39 is 5.60 Å². The van der Waals surface area contributed by atoms with Crippen LogP contribution in [0.3, 0.4) is 0 Å². The normalized spacial score (nSPS) is 17.5. The summed E-state index contributed by atoms with van der Waals surface area (Å²) in [6.07, 6.45) is 1.40. The molecule has 2 aromatic carbocycles. The van der Waals surface area contributed by atoms with E-state index in [2.05, 4.69) is 22.4 Å². The molecule has 5 rings (SSSR count). The molecule has 0 atom stereocenters. The van der Waals surface area contributed by atoms with Crippen LogP contribution in [0.2, 0.25) is 0 Å². The molecule has 3 aromatic rings. The van der Waals surface area contributed by atoms with Crippen LogP contribution in [0.25, 0.3) is 22.2 Å². The maximum Gasteiger partial charge on any atom is 0.410 e. The molecule has 1 aromatic heterocycles. The lowest BCUT2D eigenvalue weighted by Gasteiger charge is -2.42. The number of amides is 2. The molecule has 10 heteroatoms. The van der Waals surface area contributed by atoms with E-state index in [1.807, 2.05) is 56.0 Å². The molecule has 3 heterocycles. The molecular weight excluding hydrogens is 484 g/mol. The third kappa shape index (κ3) is 5.16. The van der Waals surface area contributed by atoms with E-state index in [1.54, 1.807) is 4.90 Å². The van der Waals surface area contributed by atoms with Gasteiger partial charge in [0.1, 0.15) is 17.0 Å². The number of hydrogen-bond donors (Lipinski definition) is 2. The number of rotatable bonds is 4. The SMILES string of the molecule is CC(C)(C)OC(=O)N1CC(C(=O)N2CCC(c3cccc(-c4onc5ccc(/C(N)=N/N)cc45)c3)CC2)C1. The molecular formula is C28H34N6O4. The minimum Gasteiger partial charge on any atom is -0.444 e. The molecule has 38 heavy (non-hydrogen) atoms. The average molecular weight is 519 g/mol. The van der Waals surface area contributed by atoms with Gasteiger partial charge in [0.05, 0.1) is 11.3 Å². The van der Waals surface area contributed by atoms with Gasteiger partial charge in [-0.3, -0.25) is 4.79 Å². The summed E-state index contributed by atoms with van der Waals surface area (Å²) < 4.78 is 11.1. The van der Waals surface area contributed by atoms with Crippen LogP contribution in [0.1, 0.15) is 50.7 Å². The molecule has 200 valence electrons. The number of carbonyl (C=O) groups excluding carboxylic acids is 2. The lowest BCUT2D eigenvalue weighted by molar-refractivity contribution is -0.141. The first-order valence-corrected chi connectivity index (χ1v) is 12.9. The summed E-state index contributed by atoms with van der Waals surface area (Å²) in [4.78, 5) is 28.7. The highest BCUT2D eigenvalue weighted by Gasteiger charge is 2.40. The number of piperidine rings is 1. The Morgan fingerprint density at radius 2 is 1.82 bits per heavy atom. The topological polar surface area (TPSA) is 140 Å². The first-order valence-electron chi connectivity index (χ1n) is 12.9. The molecule has 0 unspecified atom stereocenters. The average Bonchev–Trinajstić information content (AvgIpc) is 3.30. The number of fused-ring (bicyclic) bond motifs is 1. The van der Waals surface area contributed by atoms with E-state index in [9.17, 15) is 9.59 Å². The summed E-state index contributed by atoms with van der Waals surface area (Å²) in [5.41, 5.74) is 8.93. The van der Waals surface area contributed by atoms with Gasteiger partial charge in [0, 0.05) is 37.3 Å². The summed E-state index contributed by atoms with van der Waals surface area (Å²) in [5.74, 6) is 6.57. The van der Waals surface area contributed by atoms with Crippen LogP contribution in [0.5, 0.6) is 0 Å². The zero-order chi connectivity index (χ0) is 27.0. The van der Waals surface area contributed by atoms with Crippen molar-refractivity contribution in [3.63, 3.8) is 0 Å². The van der Waals surface area contributed by atoms with E-state index in [-0.39, 0.29) is 23.8 Å². The largest absolute Gasteiger partial charge is 0.444 e. The molecule has 2 saturated heterocycles. The Morgan fingerprint density at radius 1 is 1.08 bits per heavy atom. The number of nitrogens with zero attached hydrogens (tertiary/aromatic N) is 4. The smallest absolute Gasteiger partial charge is 0.410 e. The Balaban J connectivity index is 1.21. The van der Waals surface area contributed by atoms with Gasteiger partial charge in [-0.2, -0.15) is 5.10 Å². The van der Waals surface area contributed by atoms with Crippen molar-refractivity contribution in [1.29, 1.82) is 0 Å². The van der Waals surface area contributed by atoms with Crippen LogP contribution in [-0.2, 0) is 9.53 Å². The minimum atomic E-state index is -0.540. The van der Waals surface area contributed by atoms with Crippen molar-refractivity contribution in [2.75, 3.05) is 26.2 Å². The minimum absolute atomic E-state index is 0.126. The molecule has 2 aliphatic rings. The van der Waals surface area contributed by atoms with Gasteiger partial charge < -0.3 is 30.6 Å². The molecule has 4 N–H and O–H groups in total. The second-order valence-corrected chi connectivity index (χ2v) is 11.1. The summed E-state index contributed by atoms with van der Waals surface area (Å²) in [6.45, 7) is 7.76. The van der Waals surface area contributed by atoms with Crippen molar-refractivity contribution < 1.29 is 18.8 Å². The standard InChI is InChI=1S/C28H34N6O4/c1-28(2,3)37-27(36)34-15-21(16-34)26(35)33-11-9-17(10-12-33)18-5-4-6-19(13-18)24-22-14-20(25(29)31-30)7-8-23(22)32-38-24/h4-8,13-14,17,21H,9-12,15-16,30H2,1-3H3,(H2,29,31). The van der Waals surface area contributed by atoms with E-state index >= 15 is 0 Å². The van der Waals surface area contributed by atoms with Gasteiger partial charge in [0.25, 0.3) is 0 Å². The fraction of sp³-hybridized carbons (Fsp3) is 0.429. The number of ether oxygens (including phenoxy) is 1. The number of hydrogen-bond acceptors (Lipinski definition) is 7. The van der Waals surface area contributed by atoms with Crippen molar-refractivity contribution in [2.24, 2.45) is 22.6 Å². The van der Waals surface area contributed by atoms with Crippen LogP contribution in [-0.4, -0.2) is 64.6 Å². The lowest BCUT2D eigenvalue weighted by atomic mass is 9.87. The quantitative estimate of drug-likeness (QED) is 0.232. The lowest BCUT2D eigenvalue weighted by Crippen LogP contribution is -2.58. The fourth-order valence-electron chi connectivity index (χ4n) is 5.12. The van der Waals surface area contributed by atoms with Crippen molar-refractivity contribution in [3.8, 4) is 11.3 Å². The maximum atomic E-state index is 13.0. The Bertz CT molecular complexity index is 1380. The predicted octanol–water partition coefficient (Wildman–Crippen LogP) is 3.65. The Morgan fingerprint density at radius 3 is 2.50 bits per heavy atom. The Kier molecular flexibility index (Phi) is 6.73. The fourth-order valence-corrected chi connectivity index (χ4v) is 5.12. The van der Waals surface area contributed by atoms with Crippen LogP contribution in [0, 0.1) is 5.92 Å². The number of nitrogens with two attached hydrogens (primary N) is 2. The molecule has 2 fully saturated rings. The number of likely N-dealkylation sites (tertiary alicyclic amines) is 2. The van der Waals surface area contributed by atoms with E-state index in [1.165, 1.54) is 5.56 Å². The highest BCUT2D eigenvalue weighted by atomic mass is 16.6. The van der Waals surface area contributed by atoms with Crippen LogP contribution < -0.4 is 11.6 Å². The van der Waals surface area contributed by atoms with Gasteiger partial charge in [-0.25, -0.2) is 4.79 Å². The van der Waals surface area contributed by atoms with Crippen molar-refractivity contribution in [3.05, 3.63) is 53.6 Å². The van der Waals surface area contributed by atoms with Crippen molar-refractivity contribution in [1.82, 2.24) is 15.0 Å². The van der Waals surface area contributed by atoms with Gasteiger partial charge in [-0.1, -0.05) is 23.4 Å². The van der Waals surface area contributed by atoms with Gasteiger partial charge >= 0.3 is 6.09 Å². The van der Waals surface area contributed by atoms with E-state index in [4.69, 9.17) is 20.8 Å². The number of carbonyl (C=O) groups is 2. The number of aromatic nitrogens is 1. The third-order valence-electron chi connectivity index (χ3n) is 7.22. The molecule has 0 saturated carbocycles. The second kappa shape index (κ2) is 10.00. The van der Waals surface area contributed by atoms with E-state index in [0.717, 1.165) is 29.3 Å². The number of hydrazone groups is 1. The third-order valence-corrected chi connectivity index (χ3v) is 7.22. The van der Waals surface area contributed by atoms with Crippen LogP contribution in [0.4, 0.5) is 4.79 Å². The van der Waals surface area contributed by atoms with Gasteiger partial charge in [-0.15, -0.1) is 0 Å². The predicted molar refractivity (Wildman–Crippen MR) is 144 cm³/mol. The highest BCUT2D eigenvalue weighted by molar-refractivity contribution is 6.02. The Labute approximate surface area is 221 Å². The molecule has 2 aliphatic heterocycles. The molecule has 2 amide bonds. The van der Waals surface area contributed by atoms with Gasteiger partial charge in [0.2, 0.25) is 5.91 Å². The van der Waals surface area contributed by atoms with Crippen LogP contribution >= 0.6 is 0 Å². The highest BCUT2D eigenvalue weighted by Crippen LogP contribution is 2.35. The van der Waals surface area contributed by atoms with Crippen LogP contribution in [0.15, 0.2) is 52.1 Å². The molecule has 0 radical (unpaired) electrons. The summed E-state index contributed by atoms with van der Waals surface area (Å²) in [7, 11) is 0. The molecule has 0 aliphatic carbocycles. The molecule has 0 bridgehead atoms. The molecule has 0 spiro atoms. The summed E-state index contributed by atoms with van der Waals surface area (Å²) in [5, 5.41) is 8.62. The van der Waals surface area contributed by atoms with Gasteiger partial charge in [-0.05, 0) is 69.4 Å². The number of benzene rings is 2. The maximum absolute atomic E-state index is 13.0. The van der Waals surface area contributed by atoms with Gasteiger partial charge in [0.15, 0.2) is 5.76 Å². The van der Waals surface area contributed by atoms with Crippen molar-refractivity contribution >= 4 is 28.7 Å². The zero-order valence-corrected chi connectivity index (χ0v) is 22.0. The number of amidine groups is 1. The van der Waals surface area contributed by atoms with Crippen molar-refractivity contribution in [2.45, 2.75) is 45.1 Å². The molecule has 10 nitrogen and oxygen atoms in total. The first kappa shape index (κ1) is 25.6. The Hall–Kier alpha value is -4.08. The monoisotopic (exact) mass is 518 g/mol. The summed E-state index contributed by atoms with van der Waals surface area (Å²) >= 11 is 0. The summed E-state index contributed by atoms with van der Waals surface area (Å²) in [6, 6.07) is 13.8. The van der Waals surface area contributed by atoms with E-state index in [0.29, 0.717) is 43.4 Å². The zero-order valence-electron chi connectivity index (χ0n) is 22.0. The first-order chi connectivity index (χ1) is 18.1. The second-order valence-electron chi connectivity index (χ2n) is 11.1.